The molecule has 98 valence electrons. The molecule has 2 aromatic rings. The largest absolute Gasteiger partial charge is 0.508 e. The zero-order chi connectivity index (χ0) is 14.0. The number of carbonyl (C=O) groups excluding carboxylic acids is 1. The number of phenols is 1. The summed E-state index contributed by atoms with van der Waals surface area (Å²) in [6.07, 6.45) is 0.877. The number of nitrogens with zero attached hydrogens (tertiary/aromatic N) is 2. The lowest BCUT2D eigenvalue weighted by Crippen LogP contribution is -2.15. The van der Waals surface area contributed by atoms with E-state index < -0.39 is 28.0 Å². The van der Waals surface area contributed by atoms with Crippen molar-refractivity contribution in [3.63, 3.8) is 0 Å². The van der Waals surface area contributed by atoms with Gasteiger partial charge in [0.15, 0.2) is 0 Å². The van der Waals surface area contributed by atoms with Crippen LogP contribution < -0.4 is 5.32 Å². The molecule has 2 rings (SSSR count). The van der Waals surface area contributed by atoms with Gasteiger partial charge >= 0.3 is 5.69 Å². The Morgan fingerprint density at radius 1 is 1.53 bits per heavy atom. The summed E-state index contributed by atoms with van der Waals surface area (Å²) in [6.45, 7) is 0. The third-order valence-corrected chi connectivity index (χ3v) is 2.24. The second-order valence-corrected chi connectivity index (χ2v) is 3.51. The normalized spacial score (nSPS) is 10.2. The topological polar surface area (TPSA) is 121 Å². The molecule has 9 heteroatoms. The maximum atomic E-state index is 13.4. The number of halogens is 1. The predicted octanol–water partition coefficient (Wildman–Crippen LogP) is 1.41. The second kappa shape index (κ2) is 4.72. The number of nitro groups is 1. The number of carbonyl (C=O) groups is 1. The van der Waals surface area contributed by atoms with E-state index in [-0.39, 0.29) is 11.4 Å². The van der Waals surface area contributed by atoms with Gasteiger partial charge in [0.05, 0.1) is 10.6 Å². The minimum Gasteiger partial charge on any atom is -0.508 e. The van der Waals surface area contributed by atoms with Crippen LogP contribution in [0.5, 0.6) is 5.75 Å². The Bertz CT molecular complexity index is 655. The molecule has 1 amide bonds. The van der Waals surface area contributed by atoms with E-state index in [4.69, 9.17) is 5.11 Å². The Morgan fingerprint density at radius 2 is 2.26 bits per heavy atom. The first-order valence-electron chi connectivity index (χ1n) is 4.96. The fourth-order valence-corrected chi connectivity index (χ4v) is 1.38. The Kier molecular flexibility index (Phi) is 3.10. The lowest BCUT2D eigenvalue weighted by Gasteiger charge is -2.05. The van der Waals surface area contributed by atoms with Crippen molar-refractivity contribution in [1.82, 2.24) is 10.2 Å². The molecule has 0 saturated heterocycles. The molecule has 0 radical (unpaired) electrons. The second-order valence-electron chi connectivity index (χ2n) is 3.51. The Balaban J connectivity index is 2.26. The fraction of sp³-hybridized carbons (Fsp3) is 0. The lowest BCUT2D eigenvalue weighted by atomic mass is 10.2. The van der Waals surface area contributed by atoms with Crippen LogP contribution in [0.3, 0.4) is 0 Å². The summed E-state index contributed by atoms with van der Waals surface area (Å²) in [6, 6.07) is 3.10. The van der Waals surface area contributed by atoms with Crippen molar-refractivity contribution in [3.05, 3.63) is 46.0 Å². The van der Waals surface area contributed by atoms with Crippen LogP contribution in [0.2, 0.25) is 0 Å². The molecule has 19 heavy (non-hydrogen) atoms. The summed E-state index contributed by atoms with van der Waals surface area (Å²) >= 11 is 0. The van der Waals surface area contributed by atoms with Crippen LogP contribution in [-0.4, -0.2) is 26.1 Å². The van der Waals surface area contributed by atoms with Gasteiger partial charge in [-0.1, -0.05) is 0 Å². The summed E-state index contributed by atoms with van der Waals surface area (Å²) in [5, 5.41) is 27.3. The average molecular weight is 266 g/mol. The van der Waals surface area contributed by atoms with Gasteiger partial charge in [0.2, 0.25) is 5.69 Å². The molecule has 0 aliphatic rings. The van der Waals surface area contributed by atoms with Gasteiger partial charge in [0.25, 0.3) is 5.91 Å². The van der Waals surface area contributed by atoms with E-state index in [0.717, 1.165) is 18.3 Å². The first-order valence-corrected chi connectivity index (χ1v) is 4.96. The number of anilines is 1. The highest BCUT2D eigenvalue weighted by atomic mass is 19.1. The van der Waals surface area contributed by atoms with Gasteiger partial charge in [0, 0.05) is 6.07 Å². The summed E-state index contributed by atoms with van der Waals surface area (Å²) < 4.78 is 13.4. The molecule has 0 bridgehead atoms. The van der Waals surface area contributed by atoms with Gasteiger partial charge in [-0.2, -0.15) is 5.10 Å². The van der Waals surface area contributed by atoms with E-state index in [1.807, 2.05) is 0 Å². The number of amides is 1. The van der Waals surface area contributed by atoms with Crippen molar-refractivity contribution in [1.29, 1.82) is 0 Å². The molecular weight excluding hydrogens is 259 g/mol. The van der Waals surface area contributed by atoms with Gasteiger partial charge in [-0.15, -0.1) is 0 Å². The maximum Gasteiger partial charge on any atom is 0.319 e. The molecule has 0 aliphatic carbocycles. The van der Waals surface area contributed by atoms with Gasteiger partial charge in [0.1, 0.15) is 17.8 Å². The van der Waals surface area contributed by atoms with Crippen LogP contribution in [0.1, 0.15) is 10.5 Å². The maximum absolute atomic E-state index is 13.4. The zero-order valence-corrected chi connectivity index (χ0v) is 9.25. The van der Waals surface area contributed by atoms with Gasteiger partial charge in [-0.3, -0.25) is 20.0 Å². The van der Waals surface area contributed by atoms with Crippen molar-refractivity contribution in [2.45, 2.75) is 0 Å². The molecule has 1 aromatic carbocycles. The van der Waals surface area contributed by atoms with Crippen molar-refractivity contribution in [2.24, 2.45) is 0 Å². The molecular formula is C10H7FN4O4. The highest BCUT2D eigenvalue weighted by Crippen LogP contribution is 2.21. The lowest BCUT2D eigenvalue weighted by molar-refractivity contribution is -0.385. The summed E-state index contributed by atoms with van der Waals surface area (Å²) in [4.78, 5) is 21.5. The highest BCUT2D eigenvalue weighted by Gasteiger charge is 2.23. The number of aromatic nitrogens is 2. The minimum absolute atomic E-state index is 0.216. The number of aromatic hydroxyl groups is 1. The van der Waals surface area contributed by atoms with Crippen molar-refractivity contribution in [3.8, 4) is 5.75 Å². The van der Waals surface area contributed by atoms with Crippen LogP contribution in [0.15, 0.2) is 24.4 Å². The number of nitrogens with one attached hydrogen (secondary N) is 2. The molecule has 0 spiro atoms. The Hall–Kier alpha value is -2.97. The van der Waals surface area contributed by atoms with Gasteiger partial charge < -0.3 is 10.4 Å². The first-order chi connectivity index (χ1) is 8.99. The molecule has 8 nitrogen and oxygen atoms in total. The quantitative estimate of drug-likeness (QED) is 0.440. The van der Waals surface area contributed by atoms with Crippen LogP contribution in [-0.2, 0) is 0 Å². The number of phenolic OH excluding ortho intramolecular Hbond substituents is 1. The molecule has 0 atom stereocenters. The molecule has 0 aliphatic heterocycles. The Labute approximate surface area is 105 Å². The molecule has 1 aromatic heterocycles. The van der Waals surface area contributed by atoms with Crippen molar-refractivity contribution < 1.29 is 19.2 Å². The first kappa shape index (κ1) is 12.5. The molecule has 3 N–H and O–H groups in total. The SMILES string of the molecule is O=C(Nc1ccc(O)cc1F)c1[nH]ncc1[N+](=O)[O-]. The third-order valence-electron chi connectivity index (χ3n) is 2.24. The summed E-state index contributed by atoms with van der Waals surface area (Å²) in [5.74, 6) is -2.08. The van der Waals surface area contributed by atoms with Gasteiger partial charge in [-0.25, -0.2) is 4.39 Å². The van der Waals surface area contributed by atoms with Crippen LogP contribution in [0, 0.1) is 15.9 Å². The number of H-pyrrole nitrogens is 1. The van der Waals surface area contributed by atoms with E-state index in [9.17, 15) is 19.3 Å². The monoisotopic (exact) mass is 266 g/mol. The number of aromatic amines is 1. The zero-order valence-electron chi connectivity index (χ0n) is 9.25. The minimum atomic E-state index is -0.909. The summed E-state index contributed by atoms with van der Waals surface area (Å²) in [7, 11) is 0. The molecule has 0 saturated carbocycles. The number of rotatable bonds is 3. The van der Waals surface area contributed by atoms with E-state index in [2.05, 4.69) is 15.5 Å². The highest BCUT2D eigenvalue weighted by molar-refractivity contribution is 6.05. The van der Waals surface area contributed by atoms with E-state index in [1.165, 1.54) is 6.07 Å². The fourth-order valence-electron chi connectivity index (χ4n) is 1.38. The smallest absolute Gasteiger partial charge is 0.319 e. The molecule has 1 heterocycles. The number of hydrogen-bond acceptors (Lipinski definition) is 5. The van der Waals surface area contributed by atoms with Crippen LogP contribution in [0.25, 0.3) is 0 Å². The molecule has 0 unspecified atom stereocenters. The number of benzene rings is 1. The van der Waals surface area contributed by atoms with E-state index in [1.54, 1.807) is 0 Å². The molecule has 0 fully saturated rings. The summed E-state index contributed by atoms with van der Waals surface area (Å²) in [5.41, 5.74) is -1.12. The van der Waals surface area contributed by atoms with Crippen molar-refractivity contribution >= 4 is 17.3 Å². The third kappa shape index (κ3) is 2.49. The van der Waals surface area contributed by atoms with Crippen molar-refractivity contribution in [2.75, 3.05) is 5.32 Å². The van der Waals surface area contributed by atoms with Gasteiger partial charge in [-0.05, 0) is 12.1 Å². The Morgan fingerprint density at radius 3 is 2.89 bits per heavy atom. The number of hydrogen-bond donors (Lipinski definition) is 3. The van der Waals surface area contributed by atoms with Crippen LogP contribution >= 0.6 is 0 Å². The predicted molar refractivity (Wildman–Crippen MR) is 61.3 cm³/mol. The standard InChI is InChI=1S/C10H7FN4O4/c11-6-3-5(16)1-2-7(6)13-10(17)9-8(15(18)19)4-12-14-9/h1-4,16H,(H,12,14)(H,13,17). The van der Waals surface area contributed by atoms with Crippen LogP contribution in [0.4, 0.5) is 15.8 Å². The average Bonchev–Trinajstić information content (AvgIpc) is 2.82. The van der Waals surface area contributed by atoms with E-state index in [0.29, 0.717) is 0 Å². The van der Waals surface area contributed by atoms with E-state index >= 15 is 0 Å².